The van der Waals surface area contributed by atoms with Gasteiger partial charge in [-0.25, -0.2) is 14.5 Å². The molecule has 3 rings (SSSR count). The Morgan fingerprint density at radius 1 is 1.19 bits per heavy atom. The van der Waals surface area contributed by atoms with Crippen LogP contribution in [0.15, 0.2) is 43.0 Å². The van der Waals surface area contributed by atoms with Crippen LogP contribution in [0.1, 0.15) is 0 Å². The average molecular weight is 231 g/mol. The van der Waals surface area contributed by atoms with Gasteiger partial charge in [0.25, 0.3) is 0 Å². The highest BCUT2D eigenvalue weighted by atomic mass is 35.5. The summed E-state index contributed by atoms with van der Waals surface area (Å²) < 4.78 is 1.75. The van der Waals surface area contributed by atoms with Crippen LogP contribution in [0, 0.1) is 0 Å². The van der Waals surface area contributed by atoms with Crippen molar-refractivity contribution < 1.29 is 0 Å². The minimum absolute atomic E-state index is 0.653. The van der Waals surface area contributed by atoms with Crippen molar-refractivity contribution in [3.8, 4) is 11.4 Å². The molecule has 0 saturated heterocycles. The maximum atomic E-state index is 5.95. The van der Waals surface area contributed by atoms with E-state index in [2.05, 4.69) is 15.1 Å². The van der Waals surface area contributed by atoms with Gasteiger partial charge in [0.2, 0.25) is 0 Å². The fourth-order valence-electron chi connectivity index (χ4n) is 1.57. The smallest absolute Gasteiger partial charge is 0.162 e. The zero-order chi connectivity index (χ0) is 11.0. The lowest BCUT2D eigenvalue weighted by Crippen LogP contribution is -1.87. The number of rotatable bonds is 1. The van der Waals surface area contributed by atoms with Crippen molar-refractivity contribution in [2.24, 2.45) is 0 Å². The highest BCUT2D eigenvalue weighted by molar-refractivity contribution is 6.31. The molecule has 0 aromatic carbocycles. The third-order valence-electron chi connectivity index (χ3n) is 2.29. The van der Waals surface area contributed by atoms with Gasteiger partial charge in [0, 0.05) is 23.6 Å². The Kier molecular flexibility index (Phi) is 2.08. The second kappa shape index (κ2) is 3.57. The molecule has 4 nitrogen and oxygen atoms in total. The van der Waals surface area contributed by atoms with Gasteiger partial charge in [-0.05, 0) is 18.2 Å². The van der Waals surface area contributed by atoms with E-state index in [9.17, 15) is 0 Å². The monoisotopic (exact) mass is 230 g/mol. The third kappa shape index (κ3) is 1.44. The molecule has 0 radical (unpaired) electrons. The molecule has 3 heterocycles. The van der Waals surface area contributed by atoms with E-state index in [1.165, 1.54) is 0 Å². The summed E-state index contributed by atoms with van der Waals surface area (Å²) >= 11 is 5.95. The van der Waals surface area contributed by atoms with E-state index in [1.54, 1.807) is 35.2 Å². The summed E-state index contributed by atoms with van der Waals surface area (Å²) in [5.41, 5.74) is 1.78. The molecular weight excluding hydrogens is 224 g/mol. The summed E-state index contributed by atoms with van der Waals surface area (Å²) in [5, 5.41) is 4.89. The van der Waals surface area contributed by atoms with E-state index < -0.39 is 0 Å². The molecule has 0 bridgehead atoms. The Morgan fingerprint density at radius 3 is 2.81 bits per heavy atom. The molecule has 0 N–H and O–H groups in total. The fraction of sp³-hybridized carbons (Fsp3) is 0. The van der Waals surface area contributed by atoms with Gasteiger partial charge in [-0.3, -0.25) is 0 Å². The lowest BCUT2D eigenvalue weighted by Gasteiger charge is -1.97. The first kappa shape index (κ1) is 9.30. The van der Waals surface area contributed by atoms with E-state index in [0.717, 1.165) is 11.1 Å². The molecule has 16 heavy (non-hydrogen) atoms. The maximum Gasteiger partial charge on any atom is 0.162 e. The first-order valence-electron chi connectivity index (χ1n) is 4.75. The Balaban J connectivity index is 2.29. The SMILES string of the molecule is Clc1ccn2ncc(-c3ncccn3)c2c1. The van der Waals surface area contributed by atoms with Crippen LogP contribution in [0.2, 0.25) is 5.02 Å². The summed E-state index contributed by atoms with van der Waals surface area (Å²) in [5.74, 6) is 0.653. The van der Waals surface area contributed by atoms with Crippen LogP contribution in [-0.4, -0.2) is 19.6 Å². The van der Waals surface area contributed by atoms with Crippen LogP contribution in [-0.2, 0) is 0 Å². The molecule has 0 fully saturated rings. The summed E-state index contributed by atoms with van der Waals surface area (Å²) in [7, 11) is 0. The molecule has 0 spiro atoms. The zero-order valence-corrected chi connectivity index (χ0v) is 8.96. The predicted octanol–water partition coefficient (Wildman–Crippen LogP) is 2.44. The topological polar surface area (TPSA) is 43.1 Å². The van der Waals surface area contributed by atoms with Crippen LogP contribution < -0.4 is 0 Å². The van der Waals surface area contributed by atoms with Gasteiger partial charge in [-0.2, -0.15) is 5.10 Å². The lowest BCUT2D eigenvalue weighted by molar-refractivity contribution is 0.961. The first-order chi connectivity index (χ1) is 7.84. The van der Waals surface area contributed by atoms with E-state index in [4.69, 9.17) is 11.6 Å². The number of halogens is 1. The molecule has 0 unspecified atom stereocenters. The average Bonchev–Trinajstić information content (AvgIpc) is 2.73. The standard InChI is InChI=1S/C11H7ClN4/c12-8-2-5-16-10(6-8)9(7-15-16)11-13-3-1-4-14-11/h1-7H. The highest BCUT2D eigenvalue weighted by Gasteiger charge is 2.08. The number of pyridine rings is 1. The molecule has 78 valence electrons. The number of aromatic nitrogens is 4. The Labute approximate surface area is 96.5 Å². The van der Waals surface area contributed by atoms with E-state index in [-0.39, 0.29) is 0 Å². The third-order valence-corrected chi connectivity index (χ3v) is 2.53. The van der Waals surface area contributed by atoms with Crippen molar-refractivity contribution in [3.63, 3.8) is 0 Å². The first-order valence-corrected chi connectivity index (χ1v) is 5.13. The van der Waals surface area contributed by atoms with Crippen LogP contribution >= 0.6 is 11.6 Å². The van der Waals surface area contributed by atoms with Crippen molar-refractivity contribution in [2.75, 3.05) is 0 Å². The van der Waals surface area contributed by atoms with Gasteiger partial charge in [0.05, 0.1) is 17.3 Å². The molecular formula is C11H7ClN4. The van der Waals surface area contributed by atoms with Crippen molar-refractivity contribution in [2.45, 2.75) is 0 Å². The molecule has 3 aromatic rings. The number of hydrogen-bond acceptors (Lipinski definition) is 3. The summed E-state index contributed by atoms with van der Waals surface area (Å²) in [6, 6.07) is 5.42. The van der Waals surface area contributed by atoms with E-state index in [0.29, 0.717) is 10.8 Å². The molecule has 3 aromatic heterocycles. The highest BCUT2D eigenvalue weighted by Crippen LogP contribution is 2.22. The number of hydrogen-bond donors (Lipinski definition) is 0. The summed E-state index contributed by atoms with van der Waals surface area (Å²) in [6.45, 7) is 0. The van der Waals surface area contributed by atoms with Gasteiger partial charge in [0.1, 0.15) is 0 Å². The molecule has 0 aliphatic heterocycles. The van der Waals surface area contributed by atoms with Gasteiger partial charge >= 0.3 is 0 Å². The maximum absolute atomic E-state index is 5.95. The summed E-state index contributed by atoms with van der Waals surface area (Å²) in [6.07, 6.45) is 6.96. The van der Waals surface area contributed by atoms with Crippen molar-refractivity contribution in [1.82, 2.24) is 19.6 Å². The molecule has 0 amide bonds. The van der Waals surface area contributed by atoms with Gasteiger partial charge < -0.3 is 0 Å². The second-order valence-corrected chi connectivity index (χ2v) is 3.74. The van der Waals surface area contributed by atoms with Gasteiger partial charge in [0.15, 0.2) is 5.82 Å². The fourth-order valence-corrected chi connectivity index (χ4v) is 1.73. The van der Waals surface area contributed by atoms with Crippen molar-refractivity contribution in [3.05, 3.63) is 48.0 Å². The molecule has 0 atom stereocenters. The normalized spacial score (nSPS) is 10.8. The predicted molar refractivity (Wildman–Crippen MR) is 61.2 cm³/mol. The Morgan fingerprint density at radius 2 is 2.00 bits per heavy atom. The Hall–Kier alpha value is -1.94. The van der Waals surface area contributed by atoms with Crippen LogP contribution in [0.3, 0.4) is 0 Å². The molecule has 0 aliphatic carbocycles. The number of nitrogens with zero attached hydrogens (tertiary/aromatic N) is 4. The van der Waals surface area contributed by atoms with E-state index in [1.807, 2.05) is 12.3 Å². The van der Waals surface area contributed by atoms with Gasteiger partial charge in [-0.1, -0.05) is 11.6 Å². The van der Waals surface area contributed by atoms with Crippen molar-refractivity contribution in [1.29, 1.82) is 0 Å². The molecule has 0 saturated carbocycles. The summed E-state index contributed by atoms with van der Waals surface area (Å²) in [4.78, 5) is 8.39. The van der Waals surface area contributed by atoms with E-state index >= 15 is 0 Å². The van der Waals surface area contributed by atoms with Crippen LogP contribution in [0.25, 0.3) is 16.9 Å². The van der Waals surface area contributed by atoms with Crippen LogP contribution in [0.5, 0.6) is 0 Å². The van der Waals surface area contributed by atoms with Crippen LogP contribution in [0.4, 0.5) is 0 Å². The minimum Gasteiger partial charge on any atom is -0.240 e. The largest absolute Gasteiger partial charge is 0.240 e. The van der Waals surface area contributed by atoms with Gasteiger partial charge in [-0.15, -0.1) is 0 Å². The molecule has 5 heteroatoms. The van der Waals surface area contributed by atoms with Crippen molar-refractivity contribution >= 4 is 17.1 Å². The lowest BCUT2D eigenvalue weighted by atomic mass is 10.2. The second-order valence-electron chi connectivity index (χ2n) is 3.31. The number of fused-ring (bicyclic) bond motifs is 1. The minimum atomic E-state index is 0.653. The zero-order valence-electron chi connectivity index (χ0n) is 8.21. The molecule has 0 aliphatic rings. The quantitative estimate of drug-likeness (QED) is 0.645. The Bertz CT molecular complexity index is 633.